The maximum Gasteiger partial charge on any atom is 0.319 e. The van der Waals surface area contributed by atoms with Crippen LogP contribution < -0.4 is 16.4 Å². The van der Waals surface area contributed by atoms with Crippen molar-refractivity contribution in [2.75, 3.05) is 18.4 Å². The molecule has 3 rings (SSSR count). The highest BCUT2D eigenvalue weighted by atomic mass is 35.5. The largest absolute Gasteiger partial charge is 0.341 e. The lowest BCUT2D eigenvalue weighted by Gasteiger charge is -2.21. The number of nitrogens with zero attached hydrogens (tertiary/aromatic N) is 1. The Bertz CT molecular complexity index is 628. The van der Waals surface area contributed by atoms with Crippen LogP contribution in [0.1, 0.15) is 32.1 Å². The SMILES string of the molecule is Cl.N[C@@H]1CCC[C@H]1CC(=O)N1CCC(NC(=O)Nc2ccc(F)cc2)C1. The van der Waals surface area contributed by atoms with Crippen LogP contribution in [0.4, 0.5) is 14.9 Å². The number of carbonyl (C=O) groups excluding carboxylic acids is 2. The molecule has 1 saturated heterocycles. The zero-order valence-corrected chi connectivity index (χ0v) is 15.4. The normalized spacial score (nSPS) is 24.8. The number of benzene rings is 1. The van der Waals surface area contributed by atoms with E-state index in [1.54, 1.807) is 0 Å². The van der Waals surface area contributed by atoms with Crippen LogP contribution in [-0.2, 0) is 4.79 Å². The minimum atomic E-state index is -0.349. The zero-order valence-electron chi connectivity index (χ0n) is 14.6. The Hall–Kier alpha value is -1.86. The maximum absolute atomic E-state index is 12.9. The lowest BCUT2D eigenvalue weighted by atomic mass is 9.99. The Kier molecular flexibility index (Phi) is 7.23. The minimum Gasteiger partial charge on any atom is -0.341 e. The van der Waals surface area contributed by atoms with Crippen molar-refractivity contribution in [2.24, 2.45) is 11.7 Å². The van der Waals surface area contributed by atoms with E-state index in [1.165, 1.54) is 24.3 Å². The fourth-order valence-corrected chi connectivity index (χ4v) is 3.66. The van der Waals surface area contributed by atoms with Gasteiger partial charge in [0.25, 0.3) is 0 Å². The minimum absolute atomic E-state index is 0. The van der Waals surface area contributed by atoms with Gasteiger partial charge in [-0.05, 0) is 49.4 Å². The molecule has 144 valence electrons. The first-order valence-corrected chi connectivity index (χ1v) is 8.87. The van der Waals surface area contributed by atoms with Crippen LogP contribution in [0, 0.1) is 11.7 Å². The number of amides is 3. The van der Waals surface area contributed by atoms with E-state index in [1.807, 2.05) is 4.90 Å². The molecule has 1 saturated carbocycles. The zero-order chi connectivity index (χ0) is 17.8. The summed E-state index contributed by atoms with van der Waals surface area (Å²) in [4.78, 5) is 26.2. The van der Waals surface area contributed by atoms with E-state index < -0.39 is 0 Å². The van der Waals surface area contributed by atoms with Crippen molar-refractivity contribution in [3.05, 3.63) is 30.1 Å². The average Bonchev–Trinajstić information content (AvgIpc) is 3.19. The Labute approximate surface area is 159 Å². The fraction of sp³-hybridized carbons (Fsp3) is 0.556. The van der Waals surface area contributed by atoms with Gasteiger partial charge in [-0.1, -0.05) is 6.42 Å². The molecular weight excluding hydrogens is 359 g/mol. The van der Waals surface area contributed by atoms with Gasteiger partial charge >= 0.3 is 6.03 Å². The average molecular weight is 385 g/mol. The molecule has 3 amide bonds. The smallest absolute Gasteiger partial charge is 0.319 e. The molecule has 6 nitrogen and oxygen atoms in total. The van der Waals surface area contributed by atoms with E-state index in [0.717, 1.165) is 25.7 Å². The molecule has 1 aromatic carbocycles. The van der Waals surface area contributed by atoms with Gasteiger partial charge in [0.2, 0.25) is 5.91 Å². The first kappa shape index (κ1) is 20.5. The summed E-state index contributed by atoms with van der Waals surface area (Å²) in [7, 11) is 0. The van der Waals surface area contributed by atoms with Gasteiger partial charge in [-0.2, -0.15) is 0 Å². The van der Waals surface area contributed by atoms with Crippen LogP contribution in [0.25, 0.3) is 0 Å². The first-order chi connectivity index (χ1) is 12.0. The number of likely N-dealkylation sites (tertiary alicyclic amines) is 1. The predicted molar refractivity (Wildman–Crippen MR) is 101 cm³/mol. The second-order valence-electron chi connectivity index (χ2n) is 6.99. The molecule has 1 aliphatic heterocycles. The number of anilines is 1. The second kappa shape index (κ2) is 9.19. The number of halogens is 2. The summed E-state index contributed by atoms with van der Waals surface area (Å²) in [6.45, 7) is 1.18. The summed E-state index contributed by atoms with van der Waals surface area (Å²) in [5.74, 6) is 0.0739. The van der Waals surface area contributed by atoms with Crippen molar-refractivity contribution in [1.29, 1.82) is 0 Å². The molecule has 0 radical (unpaired) electrons. The Balaban J connectivity index is 0.00000243. The van der Waals surface area contributed by atoms with Crippen LogP contribution in [0.3, 0.4) is 0 Å². The van der Waals surface area contributed by atoms with Gasteiger partial charge in [0.15, 0.2) is 0 Å². The highest BCUT2D eigenvalue weighted by Gasteiger charge is 2.31. The van der Waals surface area contributed by atoms with Crippen molar-refractivity contribution >= 4 is 30.0 Å². The van der Waals surface area contributed by atoms with Gasteiger partial charge in [-0.15, -0.1) is 12.4 Å². The monoisotopic (exact) mass is 384 g/mol. The van der Waals surface area contributed by atoms with E-state index in [2.05, 4.69) is 10.6 Å². The molecule has 8 heteroatoms. The number of hydrogen-bond donors (Lipinski definition) is 3. The highest BCUT2D eigenvalue weighted by Crippen LogP contribution is 2.28. The van der Waals surface area contributed by atoms with Crippen molar-refractivity contribution in [2.45, 2.75) is 44.2 Å². The molecule has 4 N–H and O–H groups in total. The Morgan fingerprint density at radius 2 is 1.92 bits per heavy atom. The van der Waals surface area contributed by atoms with E-state index >= 15 is 0 Å². The van der Waals surface area contributed by atoms with Gasteiger partial charge in [0.05, 0.1) is 0 Å². The van der Waals surface area contributed by atoms with E-state index in [4.69, 9.17) is 5.73 Å². The highest BCUT2D eigenvalue weighted by molar-refractivity contribution is 5.89. The molecule has 3 atom stereocenters. The van der Waals surface area contributed by atoms with Crippen LogP contribution >= 0.6 is 12.4 Å². The third-order valence-corrected chi connectivity index (χ3v) is 5.13. The molecule has 2 aliphatic rings. The molecule has 0 aromatic heterocycles. The summed E-state index contributed by atoms with van der Waals surface area (Å²) in [6.07, 6.45) is 4.38. The van der Waals surface area contributed by atoms with Gasteiger partial charge in [0.1, 0.15) is 5.82 Å². The Morgan fingerprint density at radius 3 is 2.58 bits per heavy atom. The number of rotatable bonds is 4. The Morgan fingerprint density at radius 1 is 1.19 bits per heavy atom. The van der Waals surface area contributed by atoms with Crippen LogP contribution in [-0.4, -0.2) is 42.0 Å². The third-order valence-electron chi connectivity index (χ3n) is 5.13. The van der Waals surface area contributed by atoms with Gasteiger partial charge in [0, 0.05) is 37.3 Å². The molecular formula is C18H26ClFN4O2. The first-order valence-electron chi connectivity index (χ1n) is 8.87. The molecule has 2 fully saturated rings. The number of nitrogens with two attached hydrogens (primary N) is 1. The molecule has 1 unspecified atom stereocenters. The van der Waals surface area contributed by atoms with Crippen molar-refractivity contribution in [1.82, 2.24) is 10.2 Å². The summed E-state index contributed by atoms with van der Waals surface area (Å²) in [5.41, 5.74) is 6.57. The molecule has 1 aliphatic carbocycles. The van der Waals surface area contributed by atoms with Crippen LogP contribution in [0.5, 0.6) is 0 Å². The number of urea groups is 1. The summed E-state index contributed by atoms with van der Waals surface area (Å²) < 4.78 is 12.9. The van der Waals surface area contributed by atoms with E-state index in [-0.39, 0.29) is 42.2 Å². The summed E-state index contributed by atoms with van der Waals surface area (Å²) in [5, 5.41) is 5.53. The van der Waals surface area contributed by atoms with Gasteiger partial charge < -0.3 is 21.3 Å². The third kappa shape index (κ3) is 5.32. The van der Waals surface area contributed by atoms with Crippen LogP contribution in [0.15, 0.2) is 24.3 Å². The number of hydrogen-bond acceptors (Lipinski definition) is 3. The van der Waals surface area contributed by atoms with Gasteiger partial charge in [-0.25, -0.2) is 9.18 Å². The second-order valence-corrected chi connectivity index (χ2v) is 6.99. The van der Waals surface area contributed by atoms with E-state index in [0.29, 0.717) is 31.1 Å². The molecule has 1 aromatic rings. The van der Waals surface area contributed by atoms with Crippen molar-refractivity contribution in [3.63, 3.8) is 0 Å². The van der Waals surface area contributed by atoms with Gasteiger partial charge in [-0.3, -0.25) is 4.79 Å². The quantitative estimate of drug-likeness (QED) is 0.745. The van der Waals surface area contributed by atoms with Crippen molar-refractivity contribution in [3.8, 4) is 0 Å². The summed E-state index contributed by atoms with van der Waals surface area (Å²) in [6, 6.07) is 5.32. The van der Waals surface area contributed by atoms with Crippen molar-refractivity contribution < 1.29 is 14.0 Å². The maximum atomic E-state index is 12.9. The standard InChI is InChI=1S/C18H25FN4O2.ClH/c19-13-4-6-14(7-5-13)21-18(25)22-15-8-9-23(11-15)17(24)10-12-2-1-3-16(12)20;/h4-7,12,15-16H,1-3,8-11,20H2,(H2,21,22,25);1H/t12-,15?,16+;/m0./s1. The summed E-state index contributed by atoms with van der Waals surface area (Å²) >= 11 is 0. The lowest BCUT2D eigenvalue weighted by Crippen LogP contribution is -2.41. The molecule has 0 spiro atoms. The molecule has 1 heterocycles. The topological polar surface area (TPSA) is 87.5 Å². The fourth-order valence-electron chi connectivity index (χ4n) is 3.66. The van der Waals surface area contributed by atoms with Crippen LogP contribution in [0.2, 0.25) is 0 Å². The predicted octanol–water partition coefficient (Wildman–Crippen LogP) is 2.49. The molecule has 0 bridgehead atoms. The number of nitrogens with one attached hydrogen (secondary N) is 2. The lowest BCUT2D eigenvalue weighted by molar-refractivity contribution is -0.131. The number of carbonyl (C=O) groups is 2. The van der Waals surface area contributed by atoms with E-state index in [9.17, 15) is 14.0 Å². The molecule has 26 heavy (non-hydrogen) atoms.